The topological polar surface area (TPSA) is 515 Å². The van der Waals surface area contributed by atoms with Gasteiger partial charge in [-0.2, -0.15) is 0 Å². The first-order valence-electron chi connectivity index (χ1n) is 34.7. The van der Waals surface area contributed by atoms with Gasteiger partial charge in [0.1, 0.15) is 58.7 Å². The summed E-state index contributed by atoms with van der Waals surface area (Å²) in [7, 11) is 0. The number of hydrogen-bond donors (Lipinski definition) is 17. The number of likely N-dealkylation sites (tertiary alicyclic amines) is 1. The molecule has 2 heterocycles. The van der Waals surface area contributed by atoms with Crippen LogP contribution < -0.4 is 59.3 Å². The number of amides is 11. The highest BCUT2D eigenvalue weighted by Gasteiger charge is 2.48. The smallest absolute Gasteiger partial charge is 0.305 e. The number of H-pyrrole nitrogens is 1. The molecule has 0 spiro atoms. The average Bonchev–Trinajstić information content (AvgIpc) is 1.60. The predicted octanol–water partition coefficient (Wildman–Crippen LogP) is -0.785. The normalized spacial score (nSPS) is 16.9. The van der Waals surface area contributed by atoms with Crippen LogP contribution in [0.1, 0.15) is 89.1 Å². The van der Waals surface area contributed by atoms with Crippen molar-refractivity contribution < 1.29 is 92.3 Å². The number of nitrogens with two attached hydrogens (primary N) is 2. The number of nitrogens with zero attached hydrogens (tertiary/aromatic N) is 2. The zero-order valence-electron chi connectivity index (χ0n) is 60.0. The van der Waals surface area contributed by atoms with Gasteiger partial charge in [0.25, 0.3) is 0 Å². The van der Waals surface area contributed by atoms with Crippen molar-refractivity contribution in [2.45, 2.75) is 164 Å². The predicted molar refractivity (Wildman–Crippen MR) is 387 cm³/mol. The van der Waals surface area contributed by atoms with Crippen LogP contribution in [0.4, 0.5) is 4.39 Å². The molecule has 1 aromatic heterocycles. The number of hydrogen-bond acceptors (Lipinski definition) is 18. The Morgan fingerprint density at radius 3 is 1.69 bits per heavy atom. The lowest BCUT2D eigenvalue weighted by atomic mass is 9.90. The number of halogens is 1. The van der Waals surface area contributed by atoms with E-state index in [0.717, 1.165) is 49.1 Å². The third kappa shape index (κ3) is 22.9. The summed E-state index contributed by atoms with van der Waals surface area (Å²) in [5.41, 5.74) is 11.1. The SMILES string of the molecule is C[C@@H](O)[C@H](NC(=O)CNC(=O)[C@H](CCC(=O)O)NC(=O)[C@]1(C)CCCN1C(=O)C(N)Cc1c[nH]cn1)C(=O)NC(C)(Cc1ccccc1F)C(=O)N[C@H](C(=O)N[C@@H](CO)C(=O)N[C@@H](CC(=O)O)C(=O)N[C@@H](Cc1ccc(-c2ccccc2)cc1)C(=O)NC(C)(Cc1ccc(-c2ccccc2)cc1)C(N)=O)[C@@H](C)O. The Hall–Kier alpha value is -11.8. The lowest BCUT2D eigenvalue weighted by Crippen LogP contribution is -2.67. The molecular weight excluding hydrogens is 1400 g/mol. The summed E-state index contributed by atoms with van der Waals surface area (Å²) in [6.45, 7) is 3.79. The van der Waals surface area contributed by atoms with E-state index in [9.17, 15) is 87.9 Å². The monoisotopic (exact) mass is 1490 g/mol. The van der Waals surface area contributed by atoms with Crippen LogP contribution in [-0.2, 0) is 88.0 Å². The van der Waals surface area contributed by atoms with E-state index in [1.165, 1.54) is 43.3 Å². The largest absolute Gasteiger partial charge is 0.481 e. The average molecular weight is 1500 g/mol. The molecule has 3 unspecified atom stereocenters. The van der Waals surface area contributed by atoms with Gasteiger partial charge < -0.3 is 94.7 Å². The van der Waals surface area contributed by atoms with Crippen molar-refractivity contribution >= 4 is 76.9 Å². The number of carbonyl (C=O) groups excluding carboxylic acids is 11. The van der Waals surface area contributed by atoms with E-state index in [1.807, 2.05) is 72.8 Å². The van der Waals surface area contributed by atoms with Gasteiger partial charge in [0.05, 0.1) is 49.8 Å². The van der Waals surface area contributed by atoms with Crippen molar-refractivity contribution in [3.05, 3.63) is 174 Å². The number of nitrogens with one attached hydrogen (secondary N) is 10. The fraction of sp³-hybridized carbons (Fsp3) is 0.387. The molecule has 19 N–H and O–H groups in total. The number of carboxylic acid groups (broad SMARTS) is 2. The van der Waals surface area contributed by atoms with E-state index in [4.69, 9.17) is 11.5 Å². The Labute approximate surface area is 620 Å². The number of primary amides is 1. The fourth-order valence-electron chi connectivity index (χ4n) is 12.2. The van der Waals surface area contributed by atoms with Gasteiger partial charge in [-0.05, 0) is 98.9 Å². The summed E-state index contributed by atoms with van der Waals surface area (Å²) in [5, 5.41) is 73.2. The van der Waals surface area contributed by atoms with Crippen molar-refractivity contribution in [2.75, 3.05) is 19.7 Å². The Morgan fingerprint density at radius 1 is 0.602 bits per heavy atom. The number of rotatable bonds is 38. The molecule has 33 heteroatoms. The van der Waals surface area contributed by atoms with E-state index in [1.54, 1.807) is 42.6 Å². The van der Waals surface area contributed by atoms with Crippen LogP contribution in [0.15, 0.2) is 146 Å². The van der Waals surface area contributed by atoms with Gasteiger partial charge in [0, 0.05) is 44.8 Å². The number of aromatic nitrogens is 2. The highest BCUT2D eigenvalue weighted by Crippen LogP contribution is 2.31. The number of aromatic amines is 1. The number of carbonyl (C=O) groups is 13. The molecule has 0 bridgehead atoms. The molecule has 576 valence electrons. The summed E-state index contributed by atoms with van der Waals surface area (Å²) < 4.78 is 15.5. The van der Waals surface area contributed by atoms with E-state index in [2.05, 4.69) is 57.8 Å². The Kier molecular flexibility index (Phi) is 29.3. The molecule has 0 aliphatic carbocycles. The van der Waals surface area contributed by atoms with E-state index in [-0.39, 0.29) is 37.8 Å². The Bertz CT molecular complexity index is 4200. The summed E-state index contributed by atoms with van der Waals surface area (Å²) in [6, 6.07) is 25.0. The van der Waals surface area contributed by atoms with Crippen molar-refractivity contribution in [3.8, 4) is 22.3 Å². The lowest BCUT2D eigenvalue weighted by molar-refractivity contribution is -0.146. The Balaban J connectivity index is 1.04. The van der Waals surface area contributed by atoms with Crippen LogP contribution in [0.25, 0.3) is 22.3 Å². The molecule has 0 saturated carbocycles. The minimum atomic E-state index is -2.42. The van der Waals surface area contributed by atoms with Gasteiger partial charge in [-0.25, -0.2) is 9.37 Å². The van der Waals surface area contributed by atoms with Gasteiger partial charge in [0.2, 0.25) is 65.0 Å². The van der Waals surface area contributed by atoms with Crippen molar-refractivity contribution in [2.24, 2.45) is 11.5 Å². The highest BCUT2D eigenvalue weighted by molar-refractivity contribution is 6.01. The van der Waals surface area contributed by atoms with Crippen molar-refractivity contribution in [1.82, 2.24) is 62.7 Å². The maximum atomic E-state index is 15.5. The standard InChI is InChI=1S/C75H91FN14O18/c1-42(92)61(87-71(107)74(4,37-50-19-12-13-20-52(50)76)89-68(104)62(43(2)93)86-58(94)39-80-63(99)54(29-30-59(95)96)85-72(108)75(5)31-14-32-90(75)69(105)53(77)34-51-38-79-41-81-51)67(103)84-57(40-91)65(101)83-56(35-60(97)98)64(100)82-55(33-44-21-25-48(26-22-44)46-15-8-6-9-16-46)66(102)88-73(3,70(78)106)36-45-23-27-49(28-24-45)47-17-10-7-11-18-47/h6-13,15-28,38,41-43,53-57,61-62,91-93H,14,29-37,39-40,77H2,1-5H3,(H2,78,106)(H,79,81)(H,80,99)(H,82,100)(H,83,101)(H,84,103)(H,85,108)(H,86,94)(H,87,107)(H,88,102)(H,89,104)(H,95,96)(H,97,98)/t42-,43-,53?,54+,55+,56+,57+,61+,62+,73?,74?,75+/m1/s1. The van der Waals surface area contributed by atoms with Crippen LogP contribution in [0.5, 0.6) is 0 Å². The molecule has 32 nitrogen and oxygen atoms in total. The fourth-order valence-corrected chi connectivity index (χ4v) is 12.2. The van der Waals surface area contributed by atoms with Crippen molar-refractivity contribution in [3.63, 3.8) is 0 Å². The van der Waals surface area contributed by atoms with Crippen LogP contribution in [0, 0.1) is 5.82 Å². The number of aliphatic carboxylic acids is 2. The second kappa shape index (κ2) is 37.9. The molecule has 0 radical (unpaired) electrons. The maximum absolute atomic E-state index is 15.5. The van der Waals surface area contributed by atoms with Gasteiger partial charge >= 0.3 is 11.9 Å². The zero-order valence-corrected chi connectivity index (χ0v) is 60.0. The lowest BCUT2D eigenvalue weighted by Gasteiger charge is -2.36. The molecule has 1 aliphatic heterocycles. The minimum absolute atomic E-state index is 0.0301. The molecule has 11 amide bonds. The third-order valence-electron chi connectivity index (χ3n) is 18.4. The number of benzene rings is 5. The molecule has 1 saturated heterocycles. The number of aliphatic hydroxyl groups is 3. The first-order valence-corrected chi connectivity index (χ1v) is 34.7. The number of carboxylic acids is 2. The van der Waals surface area contributed by atoms with Gasteiger partial charge in [0.15, 0.2) is 0 Å². The first-order chi connectivity index (χ1) is 51.1. The zero-order chi connectivity index (χ0) is 79.2. The van der Waals surface area contributed by atoms with Crippen molar-refractivity contribution in [1.29, 1.82) is 0 Å². The van der Waals surface area contributed by atoms with Crippen LogP contribution in [0.2, 0.25) is 0 Å². The number of aliphatic hydroxyl groups excluding tert-OH is 3. The quantitative estimate of drug-likeness (QED) is 0.0226. The molecule has 5 aromatic carbocycles. The molecule has 1 fully saturated rings. The second-order valence-corrected chi connectivity index (χ2v) is 27.1. The Morgan fingerprint density at radius 2 is 1.14 bits per heavy atom. The van der Waals surface area contributed by atoms with Gasteiger partial charge in [-0.1, -0.05) is 127 Å². The van der Waals surface area contributed by atoms with Crippen LogP contribution in [-0.4, -0.2) is 208 Å². The van der Waals surface area contributed by atoms with Gasteiger partial charge in [-0.3, -0.25) is 62.3 Å². The molecule has 1 aliphatic rings. The summed E-state index contributed by atoms with van der Waals surface area (Å²) in [4.78, 5) is 187. The number of imidazole rings is 1. The molecule has 108 heavy (non-hydrogen) atoms. The van der Waals surface area contributed by atoms with E-state index < -0.39 is 193 Å². The molecular formula is C75H91FN14O18. The maximum Gasteiger partial charge on any atom is 0.305 e. The summed E-state index contributed by atoms with van der Waals surface area (Å²) in [6.07, 6.45) is -3.73. The highest BCUT2D eigenvalue weighted by atomic mass is 19.1. The van der Waals surface area contributed by atoms with E-state index >= 15 is 4.39 Å². The second-order valence-electron chi connectivity index (χ2n) is 27.1. The van der Waals surface area contributed by atoms with Gasteiger partial charge in [-0.15, -0.1) is 0 Å². The summed E-state index contributed by atoms with van der Waals surface area (Å²) in [5.74, 6) is -16.3. The molecule has 12 atom stereocenters. The molecule has 6 aromatic rings. The van der Waals surface area contributed by atoms with Crippen LogP contribution >= 0.6 is 0 Å². The van der Waals surface area contributed by atoms with Crippen LogP contribution in [0.3, 0.4) is 0 Å². The minimum Gasteiger partial charge on any atom is -0.481 e. The summed E-state index contributed by atoms with van der Waals surface area (Å²) >= 11 is 0. The third-order valence-corrected chi connectivity index (χ3v) is 18.4. The first kappa shape index (κ1) is 83.5. The van der Waals surface area contributed by atoms with E-state index in [0.29, 0.717) is 23.2 Å². The molecule has 7 rings (SSSR count).